The fraction of sp³-hybridized carbons (Fsp3) is 0. The standard InChI is InChI=1S/C4H4N2.ClHO4/c1-2-4-6-5-3-1;2-1(3,4)5/h1-4H;(H,2,3,4,5). The second kappa shape index (κ2) is 4.94. The Morgan fingerprint density at radius 3 is 1.73 bits per heavy atom. The molecule has 0 atom stereocenters. The van der Waals surface area contributed by atoms with E-state index in [0.29, 0.717) is 0 Å². The van der Waals surface area contributed by atoms with Gasteiger partial charge in [0.15, 0.2) is 6.20 Å². The number of hydrogen-bond donors (Lipinski definition) is 0. The first-order chi connectivity index (χ1) is 5.00. The Morgan fingerprint density at radius 1 is 1.09 bits per heavy atom. The van der Waals surface area contributed by atoms with Gasteiger partial charge in [-0.3, -0.25) is 0 Å². The van der Waals surface area contributed by atoms with Gasteiger partial charge in [-0.05, 0) is 11.2 Å². The lowest BCUT2D eigenvalue weighted by Crippen LogP contribution is -2.68. The van der Waals surface area contributed by atoms with Gasteiger partial charge in [-0.2, -0.15) is 0 Å². The highest BCUT2D eigenvalue weighted by Crippen LogP contribution is 1.63. The minimum absolute atomic E-state index is 1.69. The molecule has 0 bridgehead atoms. The molecule has 0 unspecified atom stereocenters. The first-order valence-corrected chi connectivity index (χ1v) is 3.62. The van der Waals surface area contributed by atoms with Crippen LogP contribution in [0.25, 0.3) is 0 Å². The SMILES string of the molecule is [O-][Cl+3]([O-])([O-])[O-].c1cc[nH+]nc1. The zero-order valence-corrected chi connectivity index (χ0v) is 6.02. The zero-order valence-electron chi connectivity index (χ0n) is 5.27. The number of hydrogen-bond acceptors (Lipinski definition) is 5. The second-order valence-corrected chi connectivity index (χ2v) is 2.09. The molecule has 7 heteroatoms. The topological polar surface area (TPSA) is 119 Å². The van der Waals surface area contributed by atoms with Crippen LogP contribution < -0.4 is 23.7 Å². The van der Waals surface area contributed by atoms with E-state index in [2.05, 4.69) is 10.2 Å². The van der Waals surface area contributed by atoms with E-state index < -0.39 is 10.2 Å². The smallest absolute Gasteiger partial charge is 0.193 e. The second-order valence-electron chi connectivity index (χ2n) is 1.34. The molecule has 0 aliphatic rings. The fourth-order valence-electron chi connectivity index (χ4n) is 0.277. The van der Waals surface area contributed by atoms with Crippen molar-refractivity contribution in [1.82, 2.24) is 5.10 Å². The van der Waals surface area contributed by atoms with E-state index >= 15 is 0 Å². The van der Waals surface area contributed by atoms with Crippen molar-refractivity contribution in [2.75, 3.05) is 0 Å². The molecule has 1 heterocycles. The third kappa shape index (κ3) is 17.6. The van der Waals surface area contributed by atoms with Crippen LogP contribution in [-0.2, 0) is 0 Å². The molecule has 62 valence electrons. The summed E-state index contributed by atoms with van der Waals surface area (Å²) in [5.41, 5.74) is 0. The molecule has 0 aromatic carbocycles. The molecule has 1 N–H and O–H groups in total. The van der Waals surface area contributed by atoms with Crippen LogP contribution in [0.3, 0.4) is 0 Å². The summed E-state index contributed by atoms with van der Waals surface area (Å²) in [6, 6.07) is 3.74. The van der Waals surface area contributed by atoms with Gasteiger partial charge in [0.05, 0.1) is 6.20 Å². The van der Waals surface area contributed by atoms with Crippen LogP contribution in [0.5, 0.6) is 0 Å². The van der Waals surface area contributed by atoms with Crippen molar-refractivity contribution in [3.63, 3.8) is 0 Å². The van der Waals surface area contributed by atoms with Crippen molar-refractivity contribution < 1.29 is 34.0 Å². The Labute approximate surface area is 64.5 Å². The van der Waals surface area contributed by atoms with Crippen LogP contribution in [0.1, 0.15) is 0 Å². The lowest BCUT2D eigenvalue weighted by Gasteiger charge is -2.17. The van der Waals surface area contributed by atoms with Gasteiger partial charge in [0.1, 0.15) is 0 Å². The fourth-order valence-corrected chi connectivity index (χ4v) is 0.277. The van der Waals surface area contributed by atoms with Crippen molar-refractivity contribution in [3.8, 4) is 0 Å². The van der Waals surface area contributed by atoms with E-state index in [1.807, 2.05) is 12.1 Å². The predicted octanol–water partition coefficient (Wildman–Crippen LogP) is -4.86. The summed E-state index contributed by atoms with van der Waals surface area (Å²) in [4.78, 5) is 0. The highest BCUT2D eigenvalue weighted by atomic mass is 35.7. The van der Waals surface area contributed by atoms with Gasteiger partial charge in [-0.15, -0.1) is 15.3 Å². The number of nitrogens with zero attached hydrogens (tertiary/aromatic N) is 1. The maximum Gasteiger partial charge on any atom is 0.193 e. The zero-order chi connectivity index (χ0) is 8.74. The number of halogens is 1. The van der Waals surface area contributed by atoms with Gasteiger partial charge in [-0.1, -0.05) is 0 Å². The number of aromatic amines is 1. The quantitative estimate of drug-likeness (QED) is 0.397. The maximum atomic E-state index is 8.49. The average Bonchev–Trinajstić information content (AvgIpc) is 1.88. The van der Waals surface area contributed by atoms with Crippen molar-refractivity contribution in [2.24, 2.45) is 0 Å². The van der Waals surface area contributed by atoms with Crippen LogP contribution in [-0.4, -0.2) is 5.10 Å². The Kier molecular flexibility index (Phi) is 4.59. The Bertz CT molecular complexity index is 144. The van der Waals surface area contributed by atoms with Gasteiger partial charge in [0, 0.05) is 6.07 Å². The first kappa shape index (κ1) is 10.2. The predicted molar refractivity (Wildman–Crippen MR) is 20.8 cm³/mol. The molecule has 0 saturated heterocycles. The molecule has 0 aliphatic carbocycles. The highest BCUT2D eigenvalue weighted by Gasteiger charge is 1.84. The van der Waals surface area contributed by atoms with E-state index in [9.17, 15) is 0 Å². The monoisotopic (exact) mass is 180 g/mol. The van der Waals surface area contributed by atoms with Crippen LogP contribution in [0, 0.1) is 10.2 Å². The Balaban J connectivity index is 0.000000187. The van der Waals surface area contributed by atoms with Gasteiger partial charge >= 0.3 is 0 Å². The average molecular weight is 181 g/mol. The third-order valence-electron chi connectivity index (χ3n) is 0.517. The molecule has 0 amide bonds. The van der Waals surface area contributed by atoms with Crippen LogP contribution in [0.15, 0.2) is 24.5 Å². The first-order valence-electron chi connectivity index (χ1n) is 2.39. The summed E-state index contributed by atoms with van der Waals surface area (Å²) in [7, 11) is -4.94. The third-order valence-corrected chi connectivity index (χ3v) is 0.517. The molecule has 1 aromatic rings. The summed E-state index contributed by atoms with van der Waals surface area (Å²) in [6.45, 7) is 0. The van der Waals surface area contributed by atoms with E-state index in [0.717, 1.165) is 0 Å². The van der Waals surface area contributed by atoms with E-state index in [4.69, 9.17) is 18.6 Å². The normalized spacial score (nSPS) is 9.82. The molecule has 1 rings (SSSR count). The molecule has 0 spiro atoms. The lowest BCUT2D eigenvalue weighted by atomic mass is 10.6. The molecule has 0 aliphatic heterocycles. The van der Waals surface area contributed by atoms with Gasteiger partial charge in [-0.25, -0.2) is 18.6 Å². The summed E-state index contributed by atoms with van der Waals surface area (Å²) in [5.74, 6) is 0. The van der Waals surface area contributed by atoms with Crippen LogP contribution in [0.2, 0.25) is 0 Å². The molecular formula is C4H5ClN2O4. The number of aromatic nitrogens is 2. The summed E-state index contributed by atoms with van der Waals surface area (Å²) in [5, 5.41) is 6.30. The number of H-pyrrole nitrogens is 1. The molecule has 1 aromatic heterocycles. The van der Waals surface area contributed by atoms with Crippen LogP contribution >= 0.6 is 0 Å². The van der Waals surface area contributed by atoms with Crippen molar-refractivity contribution in [2.45, 2.75) is 0 Å². The maximum absolute atomic E-state index is 8.49. The molecule has 6 nitrogen and oxygen atoms in total. The van der Waals surface area contributed by atoms with Crippen molar-refractivity contribution in [1.29, 1.82) is 0 Å². The Morgan fingerprint density at radius 2 is 1.64 bits per heavy atom. The molecular weight excluding hydrogens is 176 g/mol. The largest absolute Gasteiger partial charge is 0.222 e. The number of nitrogens with one attached hydrogen (secondary N) is 1. The van der Waals surface area contributed by atoms with Gasteiger partial charge < -0.3 is 0 Å². The minimum atomic E-state index is -4.94. The number of rotatable bonds is 0. The molecule has 0 fully saturated rings. The minimum Gasteiger partial charge on any atom is -0.222 e. The highest BCUT2D eigenvalue weighted by molar-refractivity contribution is 4.75. The van der Waals surface area contributed by atoms with Crippen molar-refractivity contribution >= 4 is 0 Å². The summed E-state index contributed by atoms with van der Waals surface area (Å²) in [6.07, 6.45) is 3.46. The Hall–Kier alpha value is -0.790. The summed E-state index contributed by atoms with van der Waals surface area (Å²) < 4.78 is 34.0. The van der Waals surface area contributed by atoms with Crippen LogP contribution in [0.4, 0.5) is 0 Å². The molecule has 11 heavy (non-hydrogen) atoms. The van der Waals surface area contributed by atoms with E-state index in [1.54, 1.807) is 12.4 Å². The summed E-state index contributed by atoms with van der Waals surface area (Å²) >= 11 is 0. The van der Waals surface area contributed by atoms with E-state index in [-0.39, 0.29) is 0 Å². The lowest BCUT2D eigenvalue weighted by molar-refractivity contribution is -2.00. The van der Waals surface area contributed by atoms with Gasteiger partial charge in [0.25, 0.3) is 0 Å². The molecule has 0 radical (unpaired) electrons. The molecule has 0 saturated carbocycles. The van der Waals surface area contributed by atoms with E-state index in [1.165, 1.54) is 0 Å². The van der Waals surface area contributed by atoms with Crippen molar-refractivity contribution in [3.05, 3.63) is 24.5 Å². The van der Waals surface area contributed by atoms with Gasteiger partial charge in [0.2, 0.25) is 0 Å².